The topological polar surface area (TPSA) is 75.3 Å². The van der Waals surface area contributed by atoms with E-state index in [9.17, 15) is 13.2 Å². The summed E-state index contributed by atoms with van der Waals surface area (Å²) >= 11 is 1.63. The fourth-order valence-corrected chi connectivity index (χ4v) is 3.26. The molecule has 2 aromatic rings. The molecule has 0 saturated carbocycles. The second kappa shape index (κ2) is 7.42. The van der Waals surface area contributed by atoms with E-state index in [0.717, 1.165) is 11.8 Å². The highest BCUT2D eigenvalue weighted by molar-refractivity contribution is 7.92. The number of benzene rings is 1. The summed E-state index contributed by atoms with van der Waals surface area (Å²) in [6.45, 7) is 0.294. The van der Waals surface area contributed by atoms with Crippen molar-refractivity contribution in [2.75, 3.05) is 11.0 Å². The standard InChI is InChI=1S/C15H18N2O3S2/c1-22(19,20)17-14-7-3-2-5-12(14)11-16-15(18)9-8-13-6-4-10-21-13/h2-7,10,17H,8-9,11H2,1H3,(H,16,18). The van der Waals surface area contributed by atoms with E-state index >= 15 is 0 Å². The summed E-state index contributed by atoms with van der Waals surface area (Å²) in [5.74, 6) is -0.0532. The fourth-order valence-electron chi connectivity index (χ4n) is 1.95. The molecule has 0 atom stereocenters. The minimum atomic E-state index is -3.34. The molecule has 22 heavy (non-hydrogen) atoms. The van der Waals surface area contributed by atoms with E-state index in [1.165, 1.54) is 4.88 Å². The number of para-hydroxylation sites is 1. The van der Waals surface area contributed by atoms with E-state index in [-0.39, 0.29) is 5.91 Å². The number of rotatable bonds is 7. The van der Waals surface area contributed by atoms with Crippen LogP contribution in [0.15, 0.2) is 41.8 Å². The number of hydrogen-bond donors (Lipinski definition) is 2. The van der Waals surface area contributed by atoms with E-state index < -0.39 is 10.0 Å². The number of sulfonamides is 1. The average molecular weight is 338 g/mol. The van der Waals surface area contributed by atoms with Crippen molar-refractivity contribution in [3.8, 4) is 0 Å². The SMILES string of the molecule is CS(=O)(=O)Nc1ccccc1CNC(=O)CCc1cccs1. The predicted molar refractivity (Wildman–Crippen MR) is 89.4 cm³/mol. The van der Waals surface area contributed by atoms with Crippen LogP contribution in [0.1, 0.15) is 16.9 Å². The molecule has 1 aromatic heterocycles. The predicted octanol–water partition coefficient (Wildman–Crippen LogP) is 2.37. The first-order valence-corrected chi connectivity index (χ1v) is 9.56. The van der Waals surface area contributed by atoms with Crippen molar-refractivity contribution in [2.45, 2.75) is 19.4 Å². The van der Waals surface area contributed by atoms with Crippen molar-refractivity contribution in [1.29, 1.82) is 0 Å². The van der Waals surface area contributed by atoms with Crippen molar-refractivity contribution >= 4 is 33.0 Å². The van der Waals surface area contributed by atoms with Gasteiger partial charge in [-0.15, -0.1) is 11.3 Å². The number of nitrogens with one attached hydrogen (secondary N) is 2. The van der Waals surface area contributed by atoms with Crippen molar-refractivity contribution in [1.82, 2.24) is 5.32 Å². The van der Waals surface area contributed by atoms with E-state index in [1.54, 1.807) is 35.6 Å². The van der Waals surface area contributed by atoms with Gasteiger partial charge in [-0.3, -0.25) is 9.52 Å². The lowest BCUT2D eigenvalue weighted by Crippen LogP contribution is -2.24. The van der Waals surface area contributed by atoms with Crippen LogP contribution in [-0.4, -0.2) is 20.6 Å². The molecular weight excluding hydrogens is 320 g/mol. The highest BCUT2D eigenvalue weighted by Crippen LogP contribution is 2.16. The Bertz CT molecular complexity index is 725. The molecule has 0 unspecified atom stereocenters. The van der Waals surface area contributed by atoms with Gasteiger partial charge >= 0.3 is 0 Å². The Hall–Kier alpha value is -1.86. The molecule has 1 aromatic carbocycles. The molecule has 0 spiro atoms. The third kappa shape index (κ3) is 5.50. The average Bonchev–Trinajstić information content (AvgIpc) is 2.96. The summed E-state index contributed by atoms with van der Waals surface area (Å²) in [7, 11) is -3.34. The Morgan fingerprint density at radius 1 is 1.18 bits per heavy atom. The molecule has 5 nitrogen and oxygen atoms in total. The van der Waals surface area contributed by atoms with Crippen molar-refractivity contribution < 1.29 is 13.2 Å². The first kappa shape index (κ1) is 16.5. The summed E-state index contributed by atoms with van der Waals surface area (Å²) < 4.78 is 25.1. The van der Waals surface area contributed by atoms with Gasteiger partial charge in [0, 0.05) is 17.8 Å². The van der Waals surface area contributed by atoms with Gasteiger partial charge in [0.2, 0.25) is 15.9 Å². The summed E-state index contributed by atoms with van der Waals surface area (Å²) in [5.41, 5.74) is 1.22. The van der Waals surface area contributed by atoms with E-state index in [4.69, 9.17) is 0 Å². The zero-order chi connectivity index (χ0) is 16.0. The minimum absolute atomic E-state index is 0.0532. The number of amides is 1. The van der Waals surface area contributed by atoms with Crippen LogP contribution in [0.2, 0.25) is 0 Å². The van der Waals surface area contributed by atoms with Crippen LogP contribution in [0.25, 0.3) is 0 Å². The third-order valence-corrected chi connectivity index (χ3v) is 4.49. The Labute approximate surface area is 134 Å². The Morgan fingerprint density at radius 2 is 1.95 bits per heavy atom. The molecular formula is C15H18N2O3S2. The number of hydrogen-bond acceptors (Lipinski definition) is 4. The smallest absolute Gasteiger partial charge is 0.229 e. The van der Waals surface area contributed by atoms with Gasteiger partial charge in [0.05, 0.1) is 11.9 Å². The Balaban J connectivity index is 1.89. The minimum Gasteiger partial charge on any atom is -0.352 e. The van der Waals surface area contributed by atoms with Gasteiger partial charge in [-0.2, -0.15) is 0 Å². The molecule has 0 aliphatic heterocycles. The van der Waals surface area contributed by atoms with Gasteiger partial charge in [-0.1, -0.05) is 24.3 Å². The Kier molecular flexibility index (Phi) is 5.57. The summed E-state index contributed by atoms with van der Waals surface area (Å²) in [6.07, 6.45) is 2.23. The first-order valence-electron chi connectivity index (χ1n) is 6.79. The number of anilines is 1. The Morgan fingerprint density at radius 3 is 2.64 bits per heavy atom. The van der Waals surface area contributed by atoms with E-state index in [2.05, 4.69) is 10.0 Å². The maximum absolute atomic E-state index is 11.9. The van der Waals surface area contributed by atoms with Crippen LogP contribution < -0.4 is 10.0 Å². The summed E-state index contributed by atoms with van der Waals surface area (Å²) in [4.78, 5) is 13.0. The van der Waals surface area contributed by atoms with Crippen molar-refractivity contribution in [3.05, 3.63) is 52.2 Å². The molecule has 1 amide bonds. The number of carbonyl (C=O) groups is 1. The van der Waals surface area contributed by atoms with Crippen LogP contribution in [0, 0.1) is 0 Å². The molecule has 0 radical (unpaired) electrons. The second-order valence-electron chi connectivity index (χ2n) is 4.89. The molecule has 118 valence electrons. The molecule has 0 bridgehead atoms. The number of aryl methyl sites for hydroxylation is 1. The molecule has 1 heterocycles. The second-order valence-corrected chi connectivity index (χ2v) is 7.67. The van der Waals surface area contributed by atoms with Gasteiger partial charge in [0.1, 0.15) is 0 Å². The summed E-state index contributed by atoms with van der Waals surface area (Å²) in [5, 5.41) is 4.80. The van der Waals surface area contributed by atoms with Crippen molar-refractivity contribution in [3.63, 3.8) is 0 Å². The molecule has 0 aliphatic rings. The lowest BCUT2D eigenvalue weighted by molar-refractivity contribution is -0.121. The summed E-state index contributed by atoms with van der Waals surface area (Å²) in [6, 6.07) is 11.0. The largest absolute Gasteiger partial charge is 0.352 e. The number of carbonyl (C=O) groups excluding carboxylic acids is 1. The number of thiophene rings is 1. The normalized spacial score (nSPS) is 11.1. The highest BCUT2D eigenvalue weighted by Gasteiger charge is 2.08. The van der Waals surface area contributed by atoms with E-state index in [1.807, 2.05) is 17.5 Å². The van der Waals surface area contributed by atoms with Crippen LogP contribution >= 0.6 is 11.3 Å². The van der Waals surface area contributed by atoms with E-state index in [0.29, 0.717) is 25.1 Å². The molecule has 7 heteroatoms. The monoisotopic (exact) mass is 338 g/mol. The lowest BCUT2D eigenvalue weighted by Gasteiger charge is -2.11. The van der Waals surface area contributed by atoms with Gasteiger partial charge in [-0.05, 0) is 29.5 Å². The molecule has 2 N–H and O–H groups in total. The van der Waals surface area contributed by atoms with Crippen molar-refractivity contribution in [2.24, 2.45) is 0 Å². The molecule has 0 saturated heterocycles. The van der Waals surface area contributed by atoms with Crippen LogP contribution in [-0.2, 0) is 27.8 Å². The quantitative estimate of drug-likeness (QED) is 0.814. The molecule has 0 fully saturated rings. The lowest BCUT2D eigenvalue weighted by atomic mass is 10.2. The van der Waals surface area contributed by atoms with Gasteiger partial charge in [0.25, 0.3) is 0 Å². The van der Waals surface area contributed by atoms with Gasteiger partial charge < -0.3 is 5.32 Å². The maximum atomic E-state index is 11.9. The van der Waals surface area contributed by atoms with Crippen LogP contribution in [0.4, 0.5) is 5.69 Å². The zero-order valence-electron chi connectivity index (χ0n) is 12.2. The maximum Gasteiger partial charge on any atom is 0.229 e. The molecule has 2 rings (SSSR count). The van der Waals surface area contributed by atoms with Crippen LogP contribution in [0.5, 0.6) is 0 Å². The highest BCUT2D eigenvalue weighted by atomic mass is 32.2. The molecule has 0 aliphatic carbocycles. The zero-order valence-corrected chi connectivity index (χ0v) is 13.8. The third-order valence-electron chi connectivity index (χ3n) is 2.97. The first-order chi connectivity index (χ1) is 10.4. The fraction of sp³-hybridized carbons (Fsp3) is 0.267. The van der Waals surface area contributed by atoms with Gasteiger partial charge in [-0.25, -0.2) is 8.42 Å². The van der Waals surface area contributed by atoms with Crippen LogP contribution in [0.3, 0.4) is 0 Å². The van der Waals surface area contributed by atoms with Gasteiger partial charge in [0.15, 0.2) is 0 Å².